The molecule has 2 heteroatoms. The Morgan fingerprint density at radius 2 is 0.757 bits per heavy atom. The number of nitrogens with zero attached hydrogens (tertiary/aromatic N) is 1. The molecular formula is C68H43NO. The molecule has 0 aliphatic rings. The van der Waals surface area contributed by atoms with E-state index in [0.717, 1.165) is 66.8 Å². The molecule has 14 aromatic rings. The minimum Gasteiger partial charge on any atom is -0.455 e. The Kier molecular flexibility index (Phi) is 9.25. The van der Waals surface area contributed by atoms with Gasteiger partial charge in [0.05, 0.1) is 11.1 Å². The third kappa shape index (κ3) is 6.42. The highest BCUT2D eigenvalue weighted by Gasteiger charge is 2.24. The maximum Gasteiger partial charge on any atom is 0.145 e. The van der Waals surface area contributed by atoms with E-state index < -0.39 is 0 Å². The van der Waals surface area contributed by atoms with Crippen LogP contribution < -0.4 is 4.90 Å². The van der Waals surface area contributed by atoms with Crippen molar-refractivity contribution in [3.63, 3.8) is 0 Å². The van der Waals surface area contributed by atoms with Crippen LogP contribution in [0.1, 0.15) is 0 Å². The summed E-state index contributed by atoms with van der Waals surface area (Å²) in [6.07, 6.45) is 0. The van der Waals surface area contributed by atoms with Gasteiger partial charge in [0.15, 0.2) is 0 Å². The number of furan rings is 1. The van der Waals surface area contributed by atoms with Gasteiger partial charge in [-0.2, -0.15) is 0 Å². The molecule has 1 heterocycles. The lowest BCUT2D eigenvalue weighted by Gasteiger charge is -2.28. The van der Waals surface area contributed by atoms with E-state index in [0.29, 0.717) is 0 Å². The fourth-order valence-corrected chi connectivity index (χ4v) is 11.2. The predicted octanol–water partition coefficient (Wildman–Crippen LogP) is 19.5. The van der Waals surface area contributed by atoms with E-state index in [1.807, 2.05) is 0 Å². The van der Waals surface area contributed by atoms with Crippen LogP contribution in [-0.4, -0.2) is 0 Å². The third-order valence-electron chi connectivity index (χ3n) is 14.4. The number of fused-ring (bicyclic) bond motifs is 12. The van der Waals surface area contributed by atoms with Gasteiger partial charge in [-0.25, -0.2) is 0 Å². The molecule has 0 fully saturated rings. The van der Waals surface area contributed by atoms with Gasteiger partial charge in [-0.15, -0.1) is 0 Å². The number of hydrogen-bond acceptors (Lipinski definition) is 2. The molecule has 0 saturated heterocycles. The second-order valence-electron chi connectivity index (χ2n) is 18.3. The van der Waals surface area contributed by atoms with E-state index in [4.69, 9.17) is 4.42 Å². The lowest BCUT2D eigenvalue weighted by atomic mass is 9.91. The van der Waals surface area contributed by atoms with Gasteiger partial charge >= 0.3 is 0 Å². The van der Waals surface area contributed by atoms with E-state index in [2.05, 4.69) is 266 Å². The number of hydrogen-bond donors (Lipinski definition) is 0. The number of benzene rings is 13. The summed E-state index contributed by atoms with van der Waals surface area (Å²) in [6, 6.07) is 95.0. The molecule has 0 unspecified atom stereocenters. The van der Waals surface area contributed by atoms with Gasteiger partial charge in [0, 0.05) is 22.3 Å². The molecule has 0 saturated carbocycles. The van der Waals surface area contributed by atoms with Crippen molar-refractivity contribution in [3.8, 4) is 44.5 Å². The fourth-order valence-electron chi connectivity index (χ4n) is 11.2. The molecule has 0 aliphatic heterocycles. The van der Waals surface area contributed by atoms with Crippen molar-refractivity contribution in [3.05, 3.63) is 261 Å². The first-order valence-electron chi connectivity index (χ1n) is 24.1. The van der Waals surface area contributed by atoms with E-state index >= 15 is 0 Å². The monoisotopic (exact) mass is 889 g/mol. The van der Waals surface area contributed by atoms with Crippen LogP contribution in [0.3, 0.4) is 0 Å². The molecule has 13 aromatic carbocycles. The van der Waals surface area contributed by atoms with Crippen molar-refractivity contribution in [2.45, 2.75) is 0 Å². The molecule has 0 bridgehead atoms. The Hall–Kier alpha value is -9.24. The fraction of sp³-hybridized carbons (Fsp3) is 0. The van der Waals surface area contributed by atoms with E-state index in [-0.39, 0.29) is 0 Å². The molecular weight excluding hydrogens is 847 g/mol. The van der Waals surface area contributed by atoms with Crippen LogP contribution in [0.5, 0.6) is 0 Å². The zero-order valence-electron chi connectivity index (χ0n) is 38.2. The Morgan fingerprint density at radius 3 is 1.47 bits per heavy atom. The van der Waals surface area contributed by atoms with Crippen LogP contribution >= 0.6 is 0 Å². The minimum atomic E-state index is 0.853. The zero-order valence-corrected chi connectivity index (χ0v) is 38.2. The van der Waals surface area contributed by atoms with Gasteiger partial charge in [0.2, 0.25) is 0 Å². The SMILES string of the molecule is c1ccc(-c2ccccc2-c2cccc(N(c3cccc(-c4ccc5c6ccccc6c6ccccc6c5c4)c3)c3ccc(-c4cc5ccccc5c5ccccc45)c4oc5ccccc5c34)c2)cc1. The van der Waals surface area contributed by atoms with Crippen molar-refractivity contribution in [2.75, 3.05) is 4.90 Å². The van der Waals surface area contributed by atoms with E-state index in [1.165, 1.54) is 70.6 Å². The summed E-state index contributed by atoms with van der Waals surface area (Å²) >= 11 is 0. The predicted molar refractivity (Wildman–Crippen MR) is 298 cm³/mol. The minimum absolute atomic E-state index is 0.853. The Balaban J connectivity index is 1.01. The molecule has 0 atom stereocenters. The van der Waals surface area contributed by atoms with Crippen LogP contribution in [0.4, 0.5) is 17.1 Å². The first kappa shape index (κ1) is 39.9. The number of anilines is 3. The summed E-state index contributed by atoms with van der Waals surface area (Å²) in [5.41, 5.74) is 14.1. The maximum atomic E-state index is 7.09. The molecule has 326 valence electrons. The van der Waals surface area contributed by atoms with Gasteiger partial charge in [-0.1, -0.05) is 206 Å². The second kappa shape index (κ2) is 16.2. The average Bonchev–Trinajstić information content (AvgIpc) is 3.84. The average molecular weight is 890 g/mol. The van der Waals surface area contributed by atoms with Gasteiger partial charge in [-0.05, 0) is 147 Å². The molecule has 0 spiro atoms. The second-order valence-corrected chi connectivity index (χ2v) is 18.3. The summed E-state index contributed by atoms with van der Waals surface area (Å²) in [5, 5.41) is 14.6. The van der Waals surface area contributed by atoms with Crippen molar-refractivity contribution in [2.24, 2.45) is 0 Å². The standard InChI is InChI=1S/C68H43NO/c1-2-18-44(19-3-1)51-25-6-7-26-52(51)47-22-17-24-50(41-47)69(49-23-16-21-45(40-49)46-36-37-60-57-31-10-9-29-55(57)56-30-11-13-33-59(56)63(60)42-46)65-39-38-61(68-67(65)62-34-14-15-35-66(62)70-68)64-43-48-20-4-5-27-53(48)54-28-8-12-32-58(54)64/h1-43H. The lowest BCUT2D eigenvalue weighted by molar-refractivity contribution is 0.670. The summed E-state index contributed by atoms with van der Waals surface area (Å²) in [5.74, 6) is 0. The Bertz CT molecular complexity index is 4340. The largest absolute Gasteiger partial charge is 0.455 e. The quantitative estimate of drug-likeness (QED) is 0.148. The van der Waals surface area contributed by atoms with Crippen LogP contribution in [-0.2, 0) is 0 Å². The van der Waals surface area contributed by atoms with Crippen molar-refractivity contribution in [1.29, 1.82) is 0 Å². The van der Waals surface area contributed by atoms with Gasteiger partial charge in [0.25, 0.3) is 0 Å². The maximum absolute atomic E-state index is 7.09. The van der Waals surface area contributed by atoms with Crippen LogP contribution in [0.15, 0.2) is 265 Å². The van der Waals surface area contributed by atoms with Gasteiger partial charge in [0.1, 0.15) is 11.2 Å². The molecule has 0 N–H and O–H groups in total. The Morgan fingerprint density at radius 1 is 0.257 bits per heavy atom. The van der Waals surface area contributed by atoms with Crippen molar-refractivity contribution >= 4 is 92.9 Å². The normalized spacial score (nSPS) is 11.7. The molecule has 14 rings (SSSR count). The van der Waals surface area contributed by atoms with Crippen molar-refractivity contribution < 1.29 is 4.42 Å². The first-order valence-corrected chi connectivity index (χ1v) is 24.1. The van der Waals surface area contributed by atoms with E-state index in [1.54, 1.807) is 0 Å². The molecule has 0 radical (unpaired) electrons. The third-order valence-corrected chi connectivity index (χ3v) is 14.4. The molecule has 0 amide bonds. The molecule has 0 aliphatic carbocycles. The van der Waals surface area contributed by atoms with Gasteiger partial charge < -0.3 is 9.32 Å². The zero-order chi connectivity index (χ0) is 46.1. The summed E-state index contributed by atoms with van der Waals surface area (Å²) in [4.78, 5) is 2.44. The van der Waals surface area contributed by atoms with Crippen LogP contribution in [0, 0.1) is 0 Å². The molecule has 70 heavy (non-hydrogen) atoms. The van der Waals surface area contributed by atoms with Gasteiger partial charge in [-0.3, -0.25) is 0 Å². The summed E-state index contributed by atoms with van der Waals surface area (Å²) < 4.78 is 7.09. The lowest BCUT2D eigenvalue weighted by Crippen LogP contribution is -2.11. The smallest absolute Gasteiger partial charge is 0.145 e. The summed E-state index contributed by atoms with van der Waals surface area (Å²) in [7, 11) is 0. The van der Waals surface area contributed by atoms with Crippen LogP contribution in [0.25, 0.3) is 120 Å². The Labute approximate surface area is 405 Å². The molecule has 2 nitrogen and oxygen atoms in total. The number of rotatable bonds is 7. The summed E-state index contributed by atoms with van der Waals surface area (Å²) in [6.45, 7) is 0. The highest BCUT2D eigenvalue weighted by molar-refractivity contribution is 6.26. The highest BCUT2D eigenvalue weighted by Crippen LogP contribution is 2.49. The van der Waals surface area contributed by atoms with Crippen molar-refractivity contribution in [1.82, 2.24) is 0 Å². The van der Waals surface area contributed by atoms with E-state index in [9.17, 15) is 0 Å². The van der Waals surface area contributed by atoms with Crippen LogP contribution in [0.2, 0.25) is 0 Å². The first-order chi connectivity index (χ1) is 34.7. The highest BCUT2D eigenvalue weighted by atomic mass is 16.3. The molecule has 1 aromatic heterocycles. The topological polar surface area (TPSA) is 16.4 Å². The number of para-hydroxylation sites is 1.